The van der Waals surface area contributed by atoms with Crippen molar-refractivity contribution in [3.05, 3.63) is 35.6 Å². The summed E-state index contributed by atoms with van der Waals surface area (Å²) in [6.45, 7) is 5.51. The van der Waals surface area contributed by atoms with Crippen molar-refractivity contribution in [1.82, 2.24) is 10.2 Å². The SMILES string of the molecule is CC(C)(NC(=O)N1CCCCC1)c1ccc(F)cc1. The van der Waals surface area contributed by atoms with Crippen molar-refractivity contribution in [2.24, 2.45) is 0 Å². The Morgan fingerprint density at radius 1 is 1.16 bits per heavy atom. The number of piperidine rings is 1. The number of benzene rings is 1. The smallest absolute Gasteiger partial charge is 0.318 e. The second-order valence-corrected chi connectivity index (χ2v) is 5.61. The molecule has 3 nitrogen and oxygen atoms in total. The summed E-state index contributed by atoms with van der Waals surface area (Å²) >= 11 is 0. The Kier molecular flexibility index (Phi) is 4.08. The van der Waals surface area contributed by atoms with Gasteiger partial charge in [-0.15, -0.1) is 0 Å². The first-order valence-electron chi connectivity index (χ1n) is 6.82. The third kappa shape index (κ3) is 3.46. The summed E-state index contributed by atoms with van der Waals surface area (Å²) < 4.78 is 12.9. The van der Waals surface area contributed by atoms with Crippen molar-refractivity contribution in [3.8, 4) is 0 Å². The van der Waals surface area contributed by atoms with E-state index in [1.807, 2.05) is 18.7 Å². The minimum absolute atomic E-state index is 0.0333. The zero-order valence-electron chi connectivity index (χ0n) is 11.6. The number of urea groups is 1. The number of nitrogens with zero attached hydrogens (tertiary/aromatic N) is 1. The molecule has 0 radical (unpaired) electrons. The van der Waals surface area contributed by atoms with Crippen LogP contribution in [-0.4, -0.2) is 24.0 Å². The molecule has 104 valence electrons. The van der Waals surface area contributed by atoms with Crippen molar-refractivity contribution >= 4 is 6.03 Å². The Balaban J connectivity index is 2.03. The zero-order valence-corrected chi connectivity index (χ0v) is 11.6. The van der Waals surface area contributed by atoms with Crippen LogP contribution >= 0.6 is 0 Å². The second kappa shape index (κ2) is 5.59. The lowest BCUT2D eigenvalue weighted by atomic mass is 9.94. The first-order valence-corrected chi connectivity index (χ1v) is 6.82. The van der Waals surface area contributed by atoms with E-state index in [1.165, 1.54) is 18.6 Å². The Bertz CT molecular complexity index is 436. The van der Waals surface area contributed by atoms with Crippen LogP contribution in [0.4, 0.5) is 9.18 Å². The summed E-state index contributed by atoms with van der Waals surface area (Å²) in [5, 5.41) is 3.03. The molecule has 0 aromatic heterocycles. The molecule has 1 heterocycles. The molecule has 1 aromatic carbocycles. The van der Waals surface area contributed by atoms with Crippen LogP contribution in [0, 0.1) is 5.82 Å². The molecule has 0 spiro atoms. The number of amides is 2. The van der Waals surface area contributed by atoms with E-state index in [0.29, 0.717) is 0 Å². The van der Waals surface area contributed by atoms with Crippen LogP contribution in [0.15, 0.2) is 24.3 Å². The molecular weight excluding hydrogens is 243 g/mol. The van der Waals surface area contributed by atoms with Gasteiger partial charge in [-0.3, -0.25) is 0 Å². The van der Waals surface area contributed by atoms with Crippen LogP contribution < -0.4 is 5.32 Å². The summed E-state index contributed by atoms with van der Waals surface area (Å²) in [7, 11) is 0. The van der Waals surface area contributed by atoms with Crippen molar-refractivity contribution in [1.29, 1.82) is 0 Å². The average Bonchev–Trinajstić information content (AvgIpc) is 2.40. The molecule has 1 fully saturated rings. The molecule has 1 saturated heterocycles. The molecule has 0 unspecified atom stereocenters. The first kappa shape index (κ1) is 13.8. The van der Waals surface area contributed by atoms with Gasteiger partial charge in [0.05, 0.1) is 5.54 Å². The molecule has 0 saturated carbocycles. The van der Waals surface area contributed by atoms with Gasteiger partial charge in [-0.05, 0) is 50.8 Å². The van der Waals surface area contributed by atoms with Gasteiger partial charge in [-0.25, -0.2) is 9.18 Å². The Labute approximate surface area is 113 Å². The third-order valence-corrected chi connectivity index (χ3v) is 3.63. The van der Waals surface area contributed by atoms with Gasteiger partial charge in [-0.1, -0.05) is 12.1 Å². The van der Waals surface area contributed by atoms with Gasteiger partial charge in [0.15, 0.2) is 0 Å². The fourth-order valence-corrected chi connectivity index (χ4v) is 2.38. The molecule has 1 aliphatic rings. The van der Waals surface area contributed by atoms with Gasteiger partial charge >= 0.3 is 6.03 Å². The number of likely N-dealkylation sites (tertiary alicyclic amines) is 1. The van der Waals surface area contributed by atoms with Gasteiger partial charge in [0.25, 0.3) is 0 Å². The first-order chi connectivity index (χ1) is 8.99. The van der Waals surface area contributed by atoms with E-state index in [-0.39, 0.29) is 11.8 Å². The predicted molar refractivity (Wildman–Crippen MR) is 73.4 cm³/mol. The number of hydrogen-bond acceptors (Lipinski definition) is 1. The molecule has 1 aliphatic heterocycles. The van der Waals surface area contributed by atoms with E-state index in [4.69, 9.17) is 0 Å². The lowest BCUT2D eigenvalue weighted by Crippen LogP contribution is -2.49. The highest BCUT2D eigenvalue weighted by atomic mass is 19.1. The third-order valence-electron chi connectivity index (χ3n) is 3.63. The number of carbonyl (C=O) groups is 1. The van der Waals surface area contributed by atoms with Crippen LogP contribution in [0.1, 0.15) is 38.7 Å². The Hall–Kier alpha value is -1.58. The second-order valence-electron chi connectivity index (χ2n) is 5.61. The van der Waals surface area contributed by atoms with Crippen molar-refractivity contribution in [2.75, 3.05) is 13.1 Å². The predicted octanol–water partition coefficient (Wildman–Crippen LogP) is 3.26. The topological polar surface area (TPSA) is 32.3 Å². The summed E-state index contributed by atoms with van der Waals surface area (Å²) in [6, 6.07) is 6.24. The minimum Gasteiger partial charge on any atom is -0.329 e. The summed E-state index contributed by atoms with van der Waals surface area (Å²) in [5.41, 5.74) is 0.404. The van der Waals surface area contributed by atoms with E-state index >= 15 is 0 Å². The van der Waals surface area contributed by atoms with E-state index in [0.717, 1.165) is 31.5 Å². The van der Waals surface area contributed by atoms with Crippen LogP contribution in [0.2, 0.25) is 0 Å². The molecule has 0 aliphatic carbocycles. The fourth-order valence-electron chi connectivity index (χ4n) is 2.38. The van der Waals surface area contributed by atoms with E-state index in [9.17, 15) is 9.18 Å². The molecule has 0 bridgehead atoms. The summed E-state index contributed by atoms with van der Waals surface area (Å²) in [5.74, 6) is -0.262. The molecular formula is C15H21FN2O. The maximum atomic E-state index is 12.9. The molecule has 2 amide bonds. The van der Waals surface area contributed by atoms with Gasteiger partial charge in [0.2, 0.25) is 0 Å². The Morgan fingerprint density at radius 3 is 2.32 bits per heavy atom. The average molecular weight is 264 g/mol. The maximum absolute atomic E-state index is 12.9. The fraction of sp³-hybridized carbons (Fsp3) is 0.533. The lowest BCUT2D eigenvalue weighted by molar-refractivity contribution is 0.176. The monoisotopic (exact) mass is 264 g/mol. The largest absolute Gasteiger partial charge is 0.329 e. The van der Waals surface area contributed by atoms with Crippen LogP contribution in [0.5, 0.6) is 0 Å². The molecule has 1 aromatic rings. The van der Waals surface area contributed by atoms with Crippen molar-refractivity contribution in [2.45, 2.75) is 38.6 Å². The number of nitrogens with one attached hydrogen (secondary N) is 1. The quantitative estimate of drug-likeness (QED) is 0.873. The molecule has 0 atom stereocenters. The Morgan fingerprint density at radius 2 is 1.74 bits per heavy atom. The van der Waals surface area contributed by atoms with Crippen LogP contribution in [0.25, 0.3) is 0 Å². The number of halogens is 1. The highest BCUT2D eigenvalue weighted by Gasteiger charge is 2.26. The van der Waals surface area contributed by atoms with Crippen LogP contribution in [0.3, 0.4) is 0 Å². The van der Waals surface area contributed by atoms with Gasteiger partial charge in [0.1, 0.15) is 5.82 Å². The van der Waals surface area contributed by atoms with Gasteiger partial charge in [-0.2, -0.15) is 0 Å². The van der Waals surface area contributed by atoms with E-state index < -0.39 is 5.54 Å². The van der Waals surface area contributed by atoms with Crippen LogP contribution in [-0.2, 0) is 5.54 Å². The number of carbonyl (C=O) groups excluding carboxylic acids is 1. The van der Waals surface area contributed by atoms with Gasteiger partial charge < -0.3 is 10.2 Å². The number of hydrogen-bond donors (Lipinski definition) is 1. The molecule has 1 N–H and O–H groups in total. The standard InChI is InChI=1S/C15H21FN2O/c1-15(2,12-6-8-13(16)9-7-12)17-14(19)18-10-4-3-5-11-18/h6-9H,3-5,10-11H2,1-2H3,(H,17,19). The maximum Gasteiger partial charge on any atom is 0.318 e. The minimum atomic E-state index is -0.498. The summed E-state index contributed by atoms with van der Waals surface area (Å²) in [4.78, 5) is 14.1. The van der Waals surface area contributed by atoms with Crippen molar-refractivity contribution < 1.29 is 9.18 Å². The van der Waals surface area contributed by atoms with Crippen molar-refractivity contribution in [3.63, 3.8) is 0 Å². The molecule has 4 heteroatoms. The highest BCUT2D eigenvalue weighted by Crippen LogP contribution is 2.21. The van der Waals surface area contributed by atoms with E-state index in [1.54, 1.807) is 12.1 Å². The molecule has 2 rings (SSSR count). The zero-order chi connectivity index (χ0) is 13.9. The molecule has 19 heavy (non-hydrogen) atoms. The van der Waals surface area contributed by atoms with Gasteiger partial charge in [0, 0.05) is 13.1 Å². The highest BCUT2D eigenvalue weighted by molar-refractivity contribution is 5.75. The number of rotatable bonds is 2. The lowest BCUT2D eigenvalue weighted by Gasteiger charge is -2.33. The summed E-state index contributed by atoms with van der Waals surface area (Å²) in [6.07, 6.45) is 3.35. The normalized spacial score (nSPS) is 16.3. The van der Waals surface area contributed by atoms with E-state index in [2.05, 4.69) is 5.32 Å².